The molecule has 0 radical (unpaired) electrons. The number of hydrogen-bond acceptors (Lipinski definition) is 2. The molecule has 1 heterocycles. The maximum absolute atomic E-state index is 12.3. The van der Waals surface area contributed by atoms with Gasteiger partial charge in [0.1, 0.15) is 0 Å². The van der Waals surface area contributed by atoms with E-state index in [-0.39, 0.29) is 12.1 Å². The summed E-state index contributed by atoms with van der Waals surface area (Å²) in [6, 6.07) is 0.297. The van der Waals surface area contributed by atoms with Gasteiger partial charge in [0.05, 0.1) is 6.54 Å². The van der Waals surface area contributed by atoms with Gasteiger partial charge in [-0.1, -0.05) is 0 Å². The molecule has 0 aromatic carbocycles. The number of rotatable bonds is 3. The third kappa shape index (κ3) is 2.60. The quantitative estimate of drug-likeness (QED) is 0.753. The average Bonchev–Trinajstić information content (AvgIpc) is 2.75. The second-order valence-electron chi connectivity index (χ2n) is 4.17. The summed E-state index contributed by atoms with van der Waals surface area (Å²) < 4.78 is 36.9. The Bertz CT molecular complexity index is 195. The lowest BCUT2D eigenvalue weighted by atomic mass is 10.2. The minimum Gasteiger partial charge on any atom is -0.315 e. The Balaban J connectivity index is 1.93. The lowest BCUT2D eigenvalue weighted by Crippen LogP contribution is -2.44. The first-order valence-corrected chi connectivity index (χ1v) is 5.09. The summed E-state index contributed by atoms with van der Waals surface area (Å²) in [4.78, 5) is 1.64. The Morgan fingerprint density at radius 2 is 1.86 bits per heavy atom. The Hall–Kier alpha value is -0.290. The smallest absolute Gasteiger partial charge is 0.315 e. The minimum absolute atomic E-state index is 0.101. The van der Waals surface area contributed by atoms with E-state index in [4.69, 9.17) is 0 Å². The highest BCUT2D eigenvalue weighted by molar-refractivity contribution is 4.92. The predicted molar refractivity (Wildman–Crippen MR) is 47.1 cm³/mol. The summed E-state index contributed by atoms with van der Waals surface area (Å²) >= 11 is 0. The first kappa shape index (κ1) is 10.2. The van der Waals surface area contributed by atoms with Gasteiger partial charge in [-0.3, -0.25) is 4.90 Å². The van der Waals surface area contributed by atoms with Crippen LogP contribution in [0, 0.1) is 0 Å². The van der Waals surface area contributed by atoms with Gasteiger partial charge in [0.2, 0.25) is 0 Å². The molecular formula is C9H15F3N2. The van der Waals surface area contributed by atoms with Crippen LogP contribution in [0.25, 0.3) is 0 Å². The molecule has 0 amide bonds. The lowest BCUT2D eigenvalue weighted by molar-refractivity contribution is -0.151. The standard InChI is InChI=1S/C9H15F3N2/c10-9(11,12)6-14(7-1-2-7)8-3-4-13-5-8/h7-8,13H,1-6H2. The van der Waals surface area contributed by atoms with Crippen LogP contribution in [0.1, 0.15) is 19.3 Å². The van der Waals surface area contributed by atoms with Crippen molar-refractivity contribution in [2.24, 2.45) is 0 Å². The SMILES string of the molecule is FC(F)(F)CN(C1CC1)C1CCNC1. The number of halogens is 3. The monoisotopic (exact) mass is 208 g/mol. The van der Waals surface area contributed by atoms with E-state index in [2.05, 4.69) is 5.32 Å². The van der Waals surface area contributed by atoms with Crippen molar-refractivity contribution in [1.29, 1.82) is 0 Å². The van der Waals surface area contributed by atoms with Gasteiger partial charge in [0.15, 0.2) is 0 Å². The minimum atomic E-state index is -4.05. The van der Waals surface area contributed by atoms with Crippen molar-refractivity contribution in [2.45, 2.75) is 37.5 Å². The van der Waals surface area contributed by atoms with Crippen molar-refractivity contribution in [3.63, 3.8) is 0 Å². The summed E-state index contributed by atoms with van der Waals surface area (Å²) in [6.07, 6.45) is -1.32. The van der Waals surface area contributed by atoms with E-state index < -0.39 is 12.7 Å². The molecule has 0 bridgehead atoms. The number of nitrogens with zero attached hydrogens (tertiary/aromatic N) is 1. The molecule has 2 fully saturated rings. The molecule has 1 saturated carbocycles. The summed E-state index contributed by atoms with van der Waals surface area (Å²) in [5, 5.41) is 3.11. The molecule has 2 aliphatic rings. The van der Waals surface area contributed by atoms with Gasteiger partial charge in [-0.15, -0.1) is 0 Å². The van der Waals surface area contributed by atoms with Crippen LogP contribution in [0.4, 0.5) is 13.2 Å². The van der Waals surface area contributed by atoms with Gasteiger partial charge >= 0.3 is 6.18 Å². The summed E-state index contributed by atoms with van der Waals surface area (Å²) in [7, 11) is 0. The molecule has 1 N–H and O–H groups in total. The maximum atomic E-state index is 12.3. The second-order valence-corrected chi connectivity index (χ2v) is 4.17. The van der Waals surface area contributed by atoms with E-state index in [9.17, 15) is 13.2 Å². The van der Waals surface area contributed by atoms with Crippen LogP contribution >= 0.6 is 0 Å². The highest BCUT2D eigenvalue weighted by Gasteiger charge is 2.41. The normalized spacial score (nSPS) is 28.7. The van der Waals surface area contributed by atoms with E-state index in [1.54, 1.807) is 4.90 Å². The van der Waals surface area contributed by atoms with E-state index in [0.29, 0.717) is 6.54 Å². The Morgan fingerprint density at radius 1 is 1.14 bits per heavy atom. The van der Waals surface area contributed by atoms with Crippen molar-refractivity contribution in [3.05, 3.63) is 0 Å². The van der Waals surface area contributed by atoms with Crippen molar-refractivity contribution >= 4 is 0 Å². The van der Waals surface area contributed by atoms with Crippen LogP contribution in [0.3, 0.4) is 0 Å². The zero-order valence-corrected chi connectivity index (χ0v) is 7.98. The molecule has 1 saturated heterocycles. The van der Waals surface area contributed by atoms with Crippen LogP contribution in [-0.4, -0.2) is 42.8 Å². The van der Waals surface area contributed by atoms with Gasteiger partial charge in [-0.25, -0.2) is 0 Å². The summed E-state index contributed by atoms with van der Waals surface area (Å²) in [6.45, 7) is 0.836. The highest BCUT2D eigenvalue weighted by Crippen LogP contribution is 2.32. The largest absolute Gasteiger partial charge is 0.401 e. The molecule has 5 heteroatoms. The van der Waals surface area contributed by atoms with Gasteiger partial charge in [0.25, 0.3) is 0 Å². The molecule has 1 aliphatic carbocycles. The molecule has 82 valence electrons. The third-order valence-electron chi connectivity index (χ3n) is 2.88. The predicted octanol–water partition coefficient (Wildman–Crippen LogP) is 1.37. The molecule has 1 atom stereocenters. The average molecular weight is 208 g/mol. The molecule has 2 rings (SSSR count). The third-order valence-corrected chi connectivity index (χ3v) is 2.88. The lowest BCUT2D eigenvalue weighted by Gasteiger charge is -2.28. The molecule has 1 aliphatic heterocycles. The van der Waals surface area contributed by atoms with E-state index in [1.807, 2.05) is 0 Å². The second kappa shape index (κ2) is 3.70. The topological polar surface area (TPSA) is 15.3 Å². The fourth-order valence-electron chi connectivity index (χ4n) is 2.09. The Labute approximate surface area is 81.5 Å². The Morgan fingerprint density at radius 3 is 2.29 bits per heavy atom. The zero-order chi connectivity index (χ0) is 10.2. The molecule has 2 nitrogen and oxygen atoms in total. The van der Waals surface area contributed by atoms with Crippen molar-refractivity contribution in [3.8, 4) is 0 Å². The molecule has 14 heavy (non-hydrogen) atoms. The molecule has 0 spiro atoms. The molecule has 0 aromatic heterocycles. The van der Waals surface area contributed by atoms with Crippen LogP contribution in [-0.2, 0) is 0 Å². The molecule has 1 unspecified atom stereocenters. The van der Waals surface area contributed by atoms with E-state index >= 15 is 0 Å². The van der Waals surface area contributed by atoms with Gasteiger partial charge in [-0.2, -0.15) is 13.2 Å². The van der Waals surface area contributed by atoms with Crippen LogP contribution < -0.4 is 5.32 Å². The summed E-state index contributed by atoms with van der Waals surface area (Å²) in [5.41, 5.74) is 0. The number of nitrogens with one attached hydrogen (secondary N) is 1. The first-order valence-electron chi connectivity index (χ1n) is 5.09. The van der Waals surface area contributed by atoms with Crippen molar-refractivity contribution in [2.75, 3.05) is 19.6 Å². The molecule has 0 aromatic rings. The zero-order valence-electron chi connectivity index (χ0n) is 7.98. The van der Waals surface area contributed by atoms with E-state index in [1.165, 1.54) is 0 Å². The van der Waals surface area contributed by atoms with E-state index in [0.717, 1.165) is 25.8 Å². The van der Waals surface area contributed by atoms with Crippen LogP contribution in [0.2, 0.25) is 0 Å². The van der Waals surface area contributed by atoms with Gasteiger partial charge in [0, 0.05) is 18.6 Å². The maximum Gasteiger partial charge on any atom is 0.401 e. The Kier molecular flexibility index (Phi) is 2.70. The van der Waals surface area contributed by atoms with Crippen molar-refractivity contribution < 1.29 is 13.2 Å². The van der Waals surface area contributed by atoms with Crippen LogP contribution in [0.5, 0.6) is 0 Å². The fourth-order valence-corrected chi connectivity index (χ4v) is 2.09. The summed E-state index contributed by atoms with van der Waals surface area (Å²) in [5.74, 6) is 0. The van der Waals surface area contributed by atoms with Crippen LogP contribution in [0.15, 0.2) is 0 Å². The van der Waals surface area contributed by atoms with Crippen molar-refractivity contribution in [1.82, 2.24) is 10.2 Å². The number of alkyl halides is 3. The highest BCUT2D eigenvalue weighted by atomic mass is 19.4. The van der Waals surface area contributed by atoms with Gasteiger partial charge in [-0.05, 0) is 25.8 Å². The van der Waals surface area contributed by atoms with Gasteiger partial charge < -0.3 is 5.32 Å². The fraction of sp³-hybridized carbons (Fsp3) is 1.00. The first-order chi connectivity index (χ1) is 6.56. The number of hydrogen-bond donors (Lipinski definition) is 1. The molecular weight excluding hydrogens is 193 g/mol.